The van der Waals surface area contributed by atoms with Crippen LogP contribution in [0.2, 0.25) is 0 Å². The van der Waals surface area contributed by atoms with Crippen LogP contribution in [0.4, 0.5) is 0 Å². The second-order valence-corrected chi connectivity index (χ2v) is 16.7. The van der Waals surface area contributed by atoms with Crippen molar-refractivity contribution in [1.29, 1.82) is 0 Å². The van der Waals surface area contributed by atoms with Gasteiger partial charge >= 0.3 is 5.97 Å². The maximum Gasteiger partial charge on any atom is 0.311 e. The summed E-state index contributed by atoms with van der Waals surface area (Å²) >= 11 is 0. The second-order valence-electron chi connectivity index (χ2n) is 16.7. The molecule has 3 aliphatic rings. The topological polar surface area (TPSA) is 183 Å². The van der Waals surface area contributed by atoms with E-state index >= 15 is 0 Å². The molecule has 0 aromatic rings. The van der Waals surface area contributed by atoms with Crippen LogP contribution < -0.4 is 0 Å². The Bertz CT molecular complexity index is 1190. The Labute approximate surface area is 317 Å². The monoisotopic (exact) mass is 761 g/mol. The van der Waals surface area contributed by atoms with Gasteiger partial charge in [-0.2, -0.15) is 0 Å². The van der Waals surface area contributed by atoms with Gasteiger partial charge in [0.2, 0.25) is 0 Å². The number of hydrogen-bond donors (Lipinski definition) is 4. The summed E-state index contributed by atoms with van der Waals surface area (Å²) in [5, 5.41) is 45.7. The first-order valence-electron chi connectivity index (χ1n) is 19.5. The standard InChI is InChI=1S/C39H71NO13/c1-14-16-40(11)26-17-22(4)49-36(32(26)42)53-29-18-27(51-30-20-38(9,48-13)34(44)25(7)50-30)23(5)35(45)52-28(15-2)39(10,46)33(43)24(6)31(41)21(3)19-37(29,8)47-12/h21-30,32-34,36,42-44,46H,14-20H2,1-13H3/t21-,22-,23-,24+,25+,26+,27?,28-,29-,30+,32-,33-,34+,36+,37-,38-,39-/m1/s1. The highest BCUT2D eigenvalue weighted by atomic mass is 16.7. The first-order chi connectivity index (χ1) is 24.6. The third kappa shape index (κ3) is 10.4. The van der Waals surface area contributed by atoms with Crippen molar-refractivity contribution >= 4 is 11.8 Å². The van der Waals surface area contributed by atoms with Gasteiger partial charge in [-0.3, -0.25) is 9.59 Å². The summed E-state index contributed by atoms with van der Waals surface area (Å²) in [6.45, 7) is 18.1. The number of carbonyl (C=O) groups excluding carboxylic acids is 2. The average molecular weight is 762 g/mol. The molecule has 0 aliphatic carbocycles. The highest BCUT2D eigenvalue weighted by Gasteiger charge is 2.52. The first-order valence-corrected chi connectivity index (χ1v) is 19.5. The molecule has 1 unspecified atom stereocenters. The molecule has 0 bridgehead atoms. The Kier molecular flexibility index (Phi) is 16.3. The quantitative estimate of drug-likeness (QED) is 0.239. The highest BCUT2D eigenvalue weighted by molar-refractivity contribution is 5.83. The number of Topliss-reactive ketones (excluding diaryl/α,β-unsaturated/α-hetero) is 1. The molecule has 0 aromatic heterocycles. The SMILES string of the molecule is CCCN(C)[C@H]1C[C@@H](C)O[C@@H](O[C@@H]2CC(O[C@H]3C[C@@](C)(OC)[C@@H](O)[C@H](C)O3)[C@@H](C)C(=O)O[C@H](CC)[C@@](C)(O)[C@H](O)[C@@H](C)C(=O)[C@H](C)C[C@@]2(C)OC)[C@@H]1O. The van der Waals surface area contributed by atoms with E-state index < -0.39 is 95.8 Å². The lowest BCUT2D eigenvalue weighted by atomic mass is 9.76. The average Bonchev–Trinajstić information content (AvgIpc) is 3.11. The normalized spacial score (nSPS) is 46.9. The second kappa shape index (κ2) is 18.8. The molecule has 3 saturated heterocycles. The number of esters is 1. The Morgan fingerprint density at radius 2 is 1.47 bits per heavy atom. The van der Waals surface area contributed by atoms with E-state index in [1.54, 1.807) is 48.5 Å². The van der Waals surface area contributed by atoms with Gasteiger partial charge in [-0.15, -0.1) is 0 Å². The predicted octanol–water partition coefficient (Wildman–Crippen LogP) is 2.97. The number of rotatable bonds is 10. The minimum atomic E-state index is -1.96. The number of aliphatic hydroxyl groups excluding tert-OH is 3. The van der Waals surface area contributed by atoms with Gasteiger partial charge in [-0.25, -0.2) is 0 Å². The van der Waals surface area contributed by atoms with Gasteiger partial charge in [0.05, 0.1) is 47.6 Å². The summed E-state index contributed by atoms with van der Waals surface area (Å²) in [6.07, 6.45) is -7.63. The first kappa shape index (κ1) is 46.1. The predicted molar refractivity (Wildman–Crippen MR) is 196 cm³/mol. The summed E-state index contributed by atoms with van der Waals surface area (Å²) in [5.74, 6) is -3.70. The van der Waals surface area contributed by atoms with Crippen LogP contribution >= 0.6 is 0 Å². The maximum absolute atomic E-state index is 14.1. The fourth-order valence-electron chi connectivity index (χ4n) is 8.46. The molecule has 0 radical (unpaired) electrons. The zero-order chi connectivity index (χ0) is 40.2. The van der Waals surface area contributed by atoms with Crippen LogP contribution in [-0.2, 0) is 42.7 Å². The van der Waals surface area contributed by atoms with Crippen molar-refractivity contribution in [3.05, 3.63) is 0 Å². The molecule has 3 heterocycles. The van der Waals surface area contributed by atoms with Gasteiger partial charge in [0, 0.05) is 44.9 Å². The lowest BCUT2D eigenvalue weighted by molar-refractivity contribution is -0.309. The van der Waals surface area contributed by atoms with Crippen LogP contribution in [0.25, 0.3) is 0 Å². The molecule has 53 heavy (non-hydrogen) atoms. The molecule has 4 N–H and O–H groups in total. The maximum atomic E-state index is 14.1. The van der Waals surface area contributed by atoms with Crippen molar-refractivity contribution in [2.75, 3.05) is 27.8 Å². The zero-order valence-electron chi connectivity index (χ0n) is 34.4. The van der Waals surface area contributed by atoms with Crippen LogP contribution in [0.15, 0.2) is 0 Å². The van der Waals surface area contributed by atoms with E-state index in [1.807, 2.05) is 14.0 Å². The van der Waals surface area contributed by atoms with Crippen LogP contribution in [0.5, 0.6) is 0 Å². The van der Waals surface area contributed by atoms with Crippen molar-refractivity contribution < 1.29 is 63.2 Å². The summed E-state index contributed by atoms with van der Waals surface area (Å²) in [4.78, 5) is 30.1. The molecular weight excluding hydrogens is 690 g/mol. The number of aliphatic hydroxyl groups is 4. The molecule has 3 rings (SSSR count). The molecule has 14 heteroatoms. The lowest BCUT2D eigenvalue weighted by Gasteiger charge is -2.48. The summed E-state index contributed by atoms with van der Waals surface area (Å²) < 4.78 is 43.7. The zero-order valence-corrected chi connectivity index (χ0v) is 34.4. The molecule has 0 amide bonds. The van der Waals surface area contributed by atoms with Crippen molar-refractivity contribution in [3.8, 4) is 0 Å². The van der Waals surface area contributed by atoms with Crippen molar-refractivity contribution in [1.82, 2.24) is 4.90 Å². The van der Waals surface area contributed by atoms with Crippen LogP contribution in [-0.4, -0.2) is 149 Å². The van der Waals surface area contributed by atoms with Gasteiger partial charge in [0.1, 0.15) is 29.7 Å². The third-order valence-corrected chi connectivity index (χ3v) is 12.4. The fourth-order valence-corrected chi connectivity index (χ4v) is 8.46. The van der Waals surface area contributed by atoms with Crippen molar-refractivity contribution in [2.45, 2.75) is 192 Å². The summed E-state index contributed by atoms with van der Waals surface area (Å²) in [6, 6.07) is -0.256. The van der Waals surface area contributed by atoms with Crippen LogP contribution in [0, 0.1) is 17.8 Å². The molecule has 310 valence electrons. The Morgan fingerprint density at radius 3 is 2.04 bits per heavy atom. The highest BCUT2D eigenvalue weighted by Crippen LogP contribution is 2.39. The van der Waals surface area contributed by atoms with E-state index in [4.69, 9.17) is 33.2 Å². The Hall–Kier alpha value is -1.30. The fraction of sp³-hybridized carbons (Fsp3) is 0.949. The van der Waals surface area contributed by atoms with E-state index in [9.17, 15) is 30.0 Å². The Balaban J connectivity index is 2.16. The van der Waals surface area contributed by atoms with Gasteiger partial charge in [-0.1, -0.05) is 27.7 Å². The molecule has 0 spiro atoms. The number of methoxy groups -OCH3 is 2. The Morgan fingerprint density at radius 1 is 0.849 bits per heavy atom. The van der Waals surface area contributed by atoms with E-state index in [2.05, 4.69) is 11.8 Å². The number of hydrogen-bond acceptors (Lipinski definition) is 14. The number of ketones is 1. The summed E-state index contributed by atoms with van der Waals surface area (Å²) in [7, 11) is 4.98. The van der Waals surface area contributed by atoms with Crippen molar-refractivity contribution in [2.24, 2.45) is 17.8 Å². The molecule has 14 nitrogen and oxygen atoms in total. The molecular formula is C39H71NO13. The molecule has 0 aromatic carbocycles. The van der Waals surface area contributed by atoms with Gasteiger partial charge in [-0.05, 0) is 80.8 Å². The molecule has 17 atom stereocenters. The summed E-state index contributed by atoms with van der Waals surface area (Å²) in [5.41, 5.74) is -4.20. The minimum Gasteiger partial charge on any atom is -0.459 e. The largest absolute Gasteiger partial charge is 0.459 e. The lowest BCUT2D eigenvalue weighted by Crippen LogP contribution is -2.59. The number of carbonyl (C=O) groups is 2. The number of ether oxygens (including phenoxy) is 7. The van der Waals surface area contributed by atoms with Gasteiger partial charge in [0.15, 0.2) is 12.6 Å². The van der Waals surface area contributed by atoms with E-state index in [-0.39, 0.29) is 43.6 Å². The third-order valence-electron chi connectivity index (χ3n) is 12.4. The molecule has 3 fully saturated rings. The van der Waals surface area contributed by atoms with Crippen molar-refractivity contribution in [3.63, 3.8) is 0 Å². The van der Waals surface area contributed by atoms with Crippen LogP contribution in [0.1, 0.15) is 108 Å². The smallest absolute Gasteiger partial charge is 0.311 e. The number of cyclic esters (lactones) is 1. The van der Waals surface area contributed by atoms with E-state index in [1.165, 1.54) is 21.1 Å². The van der Waals surface area contributed by atoms with Gasteiger partial charge < -0.3 is 58.5 Å². The van der Waals surface area contributed by atoms with E-state index in [0.717, 1.165) is 13.0 Å². The number of likely N-dealkylation sites (N-methyl/N-ethyl adjacent to an activating group) is 1. The minimum absolute atomic E-state index is 0.00377. The molecule has 3 aliphatic heterocycles. The van der Waals surface area contributed by atoms with Gasteiger partial charge in [0.25, 0.3) is 0 Å². The van der Waals surface area contributed by atoms with Crippen LogP contribution in [0.3, 0.4) is 0 Å². The number of nitrogens with zero attached hydrogens (tertiary/aromatic N) is 1. The van der Waals surface area contributed by atoms with E-state index in [0.29, 0.717) is 6.42 Å². The molecule has 0 saturated carbocycles.